The number of carbonyl (C=O) groups is 2. The molecule has 6 rings (SSSR count). The number of rotatable bonds is 8. The maximum Gasteiger partial charge on any atom is 0.333 e. The molecule has 44 heavy (non-hydrogen) atoms. The Labute approximate surface area is 250 Å². The fourth-order valence-electron chi connectivity index (χ4n) is 5.00. The molecule has 3 aromatic carbocycles. The SMILES string of the molecule is NC1=NC(C(=O)O)c2cc1ccc2-c1ccc(C(C(=O)Nc2ncc(-c3ccc(S(N)(=O)=O)cc3)cn2)c2ccn[nH]2)cc1. The van der Waals surface area contributed by atoms with Gasteiger partial charge in [-0.2, -0.15) is 5.10 Å². The standard InChI is InChI=1S/C30H24N8O5S/c31-27-19-7-10-22(23(13-19)26(36-27)29(40)41)17-1-3-18(4-2-17)25(24-11-12-35-38-24)28(39)37-30-33-14-20(15-34-30)16-5-8-21(9-6-16)44(32,42)43/h1-15,25-26H,(H2,31,36)(H,35,38)(H,40,41)(H2,32,42,43)(H,33,34,37,39). The van der Waals surface area contributed by atoms with Gasteiger partial charge in [-0.3, -0.25) is 15.2 Å². The number of benzene rings is 3. The summed E-state index contributed by atoms with van der Waals surface area (Å²) in [6.45, 7) is 0. The van der Waals surface area contributed by atoms with Crippen molar-refractivity contribution in [3.05, 3.63) is 114 Å². The van der Waals surface area contributed by atoms with Gasteiger partial charge < -0.3 is 10.8 Å². The number of nitrogens with one attached hydrogen (secondary N) is 2. The maximum atomic E-state index is 13.5. The third-order valence-electron chi connectivity index (χ3n) is 7.20. The number of aromatic amines is 1. The first-order chi connectivity index (χ1) is 21.1. The van der Waals surface area contributed by atoms with Gasteiger partial charge in [-0.05, 0) is 52.1 Å². The molecule has 2 atom stereocenters. The number of carboxylic acid groups (broad SMARTS) is 1. The van der Waals surface area contributed by atoms with E-state index in [1.165, 1.54) is 24.5 Å². The minimum atomic E-state index is -3.81. The topological polar surface area (TPSA) is 219 Å². The Morgan fingerprint density at radius 2 is 1.55 bits per heavy atom. The van der Waals surface area contributed by atoms with Gasteiger partial charge in [-0.15, -0.1) is 0 Å². The average molecular weight is 609 g/mol. The van der Waals surface area contributed by atoms with E-state index in [0.717, 1.165) is 5.56 Å². The van der Waals surface area contributed by atoms with Crippen LogP contribution in [0.4, 0.5) is 5.95 Å². The van der Waals surface area contributed by atoms with Crippen LogP contribution in [0.3, 0.4) is 0 Å². The van der Waals surface area contributed by atoms with E-state index < -0.39 is 33.9 Å². The van der Waals surface area contributed by atoms with Crippen molar-refractivity contribution < 1.29 is 23.1 Å². The number of anilines is 1. The molecule has 220 valence electrons. The highest BCUT2D eigenvalue weighted by Crippen LogP contribution is 2.35. The summed E-state index contributed by atoms with van der Waals surface area (Å²) in [4.78, 5) is 38.1. The van der Waals surface area contributed by atoms with Gasteiger partial charge in [0.25, 0.3) is 0 Å². The molecule has 3 heterocycles. The number of hydrogen-bond donors (Lipinski definition) is 5. The van der Waals surface area contributed by atoms with E-state index in [2.05, 4.69) is 30.5 Å². The quantitative estimate of drug-likeness (QED) is 0.175. The van der Waals surface area contributed by atoms with Crippen molar-refractivity contribution in [1.82, 2.24) is 20.2 Å². The van der Waals surface area contributed by atoms with Crippen LogP contribution in [0.25, 0.3) is 22.3 Å². The van der Waals surface area contributed by atoms with Gasteiger partial charge in [0, 0.05) is 29.7 Å². The van der Waals surface area contributed by atoms with Crippen molar-refractivity contribution in [2.24, 2.45) is 15.9 Å². The zero-order chi connectivity index (χ0) is 31.0. The van der Waals surface area contributed by atoms with Crippen LogP contribution >= 0.6 is 0 Å². The number of H-pyrrole nitrogens is 1. The van der Waals surface area contributed by atoms with E-state index >= 15 is 0 Å². The van der Waals surface area contributed by atoms with Crippen molar-refractivity contribution >= 4 is 33.7 Å². The Morgan fingerprint density at radius 3 is 2.16 bits per heavy atom. The summed E-state index contributed by atoms with van der Waals surface area (Å²) in [6.07, 6.45) is 4.56. The number of nitrogens with two attached hydrogens (primary N) is 2. The van der Waals surface area contributed by atoms with E-state index in [-0.39, 0.29) is 16.7 Å². The highest BCUT2D eigenvalue weighted by atomic mass is 32.2. The molecular formula is C30H24N8O5S. The minimum absolute atomic E-state index is 0.0137. The van der Waals surface area contributed by atoms with Crippen LogP contribution in [0.15, 0.2) is 101 Å². The van der Waals surface area contributed by atoms with Crippen molar-refractivity contribution in [3.63, 3.8) is 0 Å². The number of aliphatic imine (C=N–C) groups is 1. The number of nitrogens with zero attached hydrogens (tertiary/aromatic N) is 4. The number of amidine groups is 1. The second-order valence-electron chi connectivity index (χ2n) is 9.98. The molecule has 0 radical (unpaired) electrons. The number of aliphatic carboxylic acids is 1. The Balaban J connectivity index is 1.24. The highest BCUT2D eigenvalue weighted by molar-refractivity contribution is 7.89. The smallest absolute Gasteiger partial charge is 0.333 e. The molecule has 14 heteroatoms. The predicted octanol–water partition coefficient (Wildman–Crippen LogP) is 2.80. The molecule has 0 saturated carbocycles. The number of sulfonamides is 1. The van der Waals surface area contributed by atoms with Crippen molar-refractivity contribution in [2.45, 2.75) is 16.9 Å². The summed E-state index contributed by atoms with van der Waals surface area (Å²) in [5, 5.41) is 24.5. The largest absolute Gasteiger partial charge is 0.479 e. The number of hydrogen-bond acceptors (Lipinski definition) is 9. The van der Waals surface area contributed by atoms with E-state index in [0.29, 0.717) is 39.1 Å². The lowest BCUT2D eigenvalue weighted by Crippen LogP contribution is -2.24. The summed E-state index contributed by atoms with van der Waals surface area (Å²) in [7, 11) is -3.81. The van der Waals surface area contributed by atoms with Crippen LogP contribution in [0.2, 0.25) is 0 Å². The summed E-state index contributed by atoms with van der Waals surface area (Å²) >= 11 is 0. The zero-order valence-electron chi connectivity index (χ0n) is 22.7. The number of carbonyl (C=O) groups excluding carboxylic acids is 1. The maximum absolute atomic E-state index is 13.5. The van der Waals surface area contributed by atoms with Gasteiger partial charge in [0.15, 0.2) is 6.04 Å². The lowest BCUT2D eigenvalue weighted by atomic mass is 9.89. The highest BCUT2D eigenvalue weighted by Gasteiger charge is 2.28. The molecule has 0 saturated heterocycles. The van der Waals surface area contributed by atoms with E-state index in [4.69, 9.17) is 10.9 Å². The first-order valence-corrected chi connectivity index (χ1v) is 14.7. The third kappa shape index (κ3) is 5.54. The number of fused-ring (bicyclic) bond motifs is 2. The minimum Gasteiger partial charge on any atom is -0.479 e. The molecule has 13 nitrogen and oxygen atoms in total. The van der Waals surface area contributed by atoms with Gasteiger partial charge >= 0.3 is 5.97 Å². The van der Waals surface area contributed by atoms with Crippen LogP contribution in [0, 0.1) is 0 Å². The van der Waals surface area contributed by atoms with E-state index in [9.17, 15) is 23.1 Å². The van der Waals surface area contributed by atoms with Crippen molar-refractivity contribution in [2.75, 3.05) is 5.32 Å². The molecule has 2 bridgehead atoms. The van der Waals surface area contributed by atoms with Gasteiger partial charge in [0.05, 0.1) is 10.6 Å². The molecule has 7 N–H and O–H groups in total. The van der Waals surface area contributed by atoms with Crippen molar-refractivity contribution in [1.29, 1.82) is 0 Å². The Hall–Kier alpha value is -5.73. The van der Waals surface area contributed by atoms with Gasteiger partial charge in [-0.25, -0.2) is 33.3 Å². The second-order valence-corrected chi connectivity index (χ2v) is 11.5. The van der Waals surface area contributed by atoms with Crippen LogP contribution in [0.5, 0.6) is 0 Å². The first kappa shape index (κ1) is 28.4. The van der Waals surface area contributed by atoms with Gasteiger partial charge in [-0.1, -0.05) is 48.5 Å². The zero-order valence-corrected chi connectivity index (χ0v) is 23.6. The third-order valence-corrected chi connectivity index (χ3v) is 8.13. The fourth-order valence-corrected chi connectivity index (χ4v) is 5.51. The second kappa shape index (κ2) is 11.2. The van der Waals surface area contributed by atoms with Crippen LogP contribution in [0.1, 0.15) is 34.3 Å². The summed E-state index contributed by atoms with van der Waals surface area (Å²) < 4.78 is 23.0. The van der Waals surface area contributed by atoms with Crippen LogP contribution < -0.4 is 16.2 Å². The summed E-state index contributed by atoms with van der Waals surface area (Å²) in [5.41, 5.74) is 11.0. The molecular weight excluding hydrogens is 584 g/mol. The van der Waals surface area contributed by atoms with E-state index in [1.807, 2.05) is 18.2 Å². The van der Waals surface area contributed by atoms with E-state index in [1.54, 1.807) is 48.7 Å². The van der Waals surface area contributed by atoms with Gasteiger partial charge in [0.2, 0.25) is 21.9 Å². The Bertz CT molecular complexity index is 2010. The summed E-state index contributed by atoms with van der Waals surface area (Å²) in [5.74, 6) is -2.06. The molecule has 0 fully saturated rings. The normalized spacial score (nSPS) is 14.8. The van der Waals surface area contributed by atoms with Crippen LogP contribution in [-0.4, -0.2) is 51.4 Å². The number of carboxylic acids is 1. The van der Waals surface area contributed by atoms with Crippen molar-refractivity contribution in [3.8, 4) is 22.3 Å². The number of amides is 1. The average Bonchev–Trinajstić information content (AvgIpc) is 3.54. The molecule has 2 aromatic heterocycles. The summed E-state index contributed by atoms with van der Waals surface area (Å²) in [6, 6.07) is 19.0. The lowest BCUT2D eigenvalue weighted by Gasteiger charge is -2.21. The number of aromatic nitrogens is 4. The predicted molar refractivity (Wildman–Crippen MR) is 161 cm³/mol. The molecule has 2 unspecified atom stereocenters. The Kier molecular flexibility index (Phi) is 7.20. The van der Waals surface area contributed by atoms with Crippen LogP contribution in [-0.2, 0) is 19.6 Å². The monoisotopic (exact) mass is 608 g/mol. The number of primary sulfonamides is 1. The molecule has 0 spiro atoms. The first-order valence-electron chi connectivity index (χ1n) is 13.1. The molecule has 1 aliphatic heterocycles. The molecule has 1 amide bonds. The van der Waals surface area contributed by atoms with Gasteiger partial charge in [0.1, 0.15) is 11.8 Å². The molecule has 0 aliphatic carbocycles. The molecule has 5 aromatic rings. The Morgan fingerprint density at radius 1 is 0.886 bits per heavy atom. The lowest BCUT2D eigenvalue weighted by molar-refractivity contribution is -0.138. The fraction of sp³-hybridized carbons (Fsp3) is 0.0667. The molecule has 1 aliphatic rings.